The van der Waals surface area contributed by atoms with Crippen LogP contribution in [0.5, 0.6) is 5.75 Å². The van der Waals surface area contributed by atoms with E-state index in [1.807, 2.05) is 24.3 Å². The molecule has 0 atom stereocenters. The molecular weight excluding hydrogens is 316 g/mol. The molecule has 0 fully saturated rings. The highest BCUT2D eigenvalue weighted by molar-refractivity contribution is 9.10. The Kier molecular flexibility index (Phi) is 4.39. The normalized spacial score (nSPS) is 10.1. The van der Waals surface area contributed by atoms with Crippen molar-refractivity contribution in [1.29, 1.82) is 0 Å². The van der Waals surface area contributed by atoms with Crippen LogP contribution in [0.2, 0.25) is 5.02 Å². The van der Waals surface area contributed by atoms with Gasteiger partial charge in [-0.2, -0.15) is 0 Å². The fourth-order valence-corrected chi connectivity index (χ4v) is 2.22. The van der Waals surface area contributed by atoms with Gasteiger partial charge in [-0.15, -0.1) is 0 Å². The molecule has 18 heavy (non-hydrogen) atoms. The lowest BCUT2D eigenvalue weighted by molar-refractivity contribution is 0.111. The van der Waals surface area contributed by atoms with Crippen LogP contribution in [0.15, 0.2) is 46.9 Å². The highest BCUT2D eigenvalue weighted by atomic mass is 79.9. The van der Waals surface area contributed by atoms with E-state index in [1.54, 1.807) is 18.2 Å². The summed E-state index contributed by atoms with van der Waals surface area (Å²) >= 11 is 9.41. The highest BCUT2D eigenvalue weighted by Crippen LogP contribution is 2.29. The first-order chi connectivity index (χ1) is 8.72. The van der Waals surface area contributed by atoms with Gasteiger partial charge in [-0.3, -0.25) is 4.79 Å². The lowest BCUT2D eigenvalue weighted by Crippen LogP contribution is -1.99. The Morgan fingerprint density at radius 3 is 2.67 bits per heavy atom. The summed E-state index contributed by atoms with van der Waals surface area (Å²) in [5.74, 6) is 0.535. The SMILES string of the molecule is O=Cc1cccc(Br)c1OCc1ccccc1Cl. The van der Waals surface area contributed by atoms with Crippen molar-refractivity contribution in [3.63, 3.8) is 0 Å². The molecule has 2 rings (SSSR count). The summed E-state index contributed by atoms with van der Waals surface area (Å²) in [4.78, 5) is 10.9. The topological polar surface area (TPSA) is 26.3 Å². The number of benzene rings is 2. The molecule has 92 valence electrons. The Labute approximate surface area is 119 Å². The van der Waals surface area contributed by atoms with E-state index in [0.29, 0.717) is 22.9 Å². The molecule has 0 aliphatic heterocycles. The van der Waals surface area contributed by atoms with Crippen molar-refractivity contribution in [1.82, 2.24) is 0 Å². The van der Waals surface area contributed by atoms with Crippen molar-refractivity contribution in [3.05, 3.63) is 63.1 Å². The van der Waals surface area contributed by atoms with Crippen LogP contribution in [0.4, 0.5) is 0 Å². The van der Waals surface area contributed by atoms with Gasteiger partial charge in [-0.25, -0.2) is 0 Å². The van der Waals surface area contributed by atoms with Crippen LogP contribution in [-0.2, 0) is 6.61 Å². The van der Waals surface area contributed by atoms with Crippen molar-refractivity contribution in [2.75, 3.05) is 0 Å². The van der Waals surface area contributed by atoms with E-state index < -0.39 is 0 Å². The molecule has 0 unspecified atom stereocenters. The van der Waals surface area contributed by atoms with Crippen LogP contribution in [0.1, 0.15) is 15.9 Å². The van der Waals surface area contributed by atoms with Crippen molar-refractivity contribution in [3.8, 4) is 5.75 Å². The molecule has 0 spiro atoms. The molecule has 2 aromatic rings. The Hall–Kier alpha value is -1.32. The molecule has 4 heteroatoms. The molecule has 0 amide bonds. The predicted octanol–water partition coefficient (Wildman–Crippen LogP) is 4.49. The highest BCUT2D eigenvalue weighted by Gasteiger charge is 2.08. The molecule has 2 nitrogen and oxygen atoms in total. The van der Waals surface area contributed by atoms with E-state index in [0.717, 1.165) is 16.3 Å². The average Bonchev–Trinajstić information content (AvgIpc) is 2.39. The fourth-order valence-electron chi connectivity index (χ4n) is 1.54. The van der Waals surface area contributed by atoms with E-state index in [1.165, 1.54) is 0 Å². The number of ether oxygens (including phenoxy) is 1. The van der Waals surface area contributed by atoms with Crippen molar-refractivity contribution in [2.45, 2.75) is 6.61 Å². The van der Waals surface area contributed by atoms with E-state index in [9.17, 15) is 4.79 Å². The van der Waals surface area contributed by atoms with Crippen LogP contribution >= 0.6 is 27.5 Å². The van der Waals surface area contributed by atoms with Gasteiger partial charge in [-0.05, 0) is 34.1 Å². The van der Waals surface area contributed by atoms with Crippen LogP contribution < -0.4 is 4.74 Å². The van der Waals surface area contributed by atoms with Gasteiger partial charge in [0.1, 0.15) is 12.4 Å². The standard InChI is InChI=1S/C14H10BrClO2/c15-12-6-3-5-10(8-17)14(12)18-9-11-4-1-2-7-13(11)16/h1-8H,9H2. The number of para-hydroxylation sites is 1. The number of halogens is 2. The summed E-state index contributed by atoms with van der Waals surface area (Å²) in [6.45, 7) is 0.323. The first-order valence-electron chi connectivity index (χ1n) is 5.32. The summed E-state index contributed by atoms with van der Waals surface area (Å²) in [5.41, 5.74) is 1.39. The maximum atomic E-state index is 10.9. The largest absolute Gasteiger partial charge is 0.487 e. The Morgan fingerprint density at radius 2 is 1.94 bits per heavy atom. The van der Waals surface area contributed by atoms with E-state index in [2.05, 4.69) is 15.9 Å². The lowest BCUT2D eigenvalue weighted by Gasteiger charge is -2.11. The third kappa shape index (κ3) is 2.92. The van der Waals surface area contributed by atoms with E-state index in [4.69, 9.17) is 16.3 Å². The number of carbonyl (C=O) groups excluding carboxylic acids is 1. The number of aldehydes is 1. The van der Waals surface area contributed by atoms with Gasteiger partial charge in [0.05, 0.1) is 10.0 Å². The monoisotopic (exact) mass is 324 g/mol. The zero-order valence-electron chi connectivity index (χ0n) is 9.40. The van der Waals surface area contributed by atoms with Gasteiger partial charge in [-0.1, -0.05) is 35.9 Å². The minimum absolute atomic E-state index is 0.323. The summed E-state index contributed by atoms with van der Waals surface area (Å²) in [6.07, 6.45) is 0.771. The maximum absolute atomic E-state index is 10.9. The second-order valence-electron chi connectivity index (χ2n) is 3.66. The Morgan fingerprint density at radius 1 is 1.17 bits per heavy atom. The molecule has 0 radical (unpaired) electrons. The van der Waals surface area contributed by atoms with Crippen LogP contribution in [0.25, 0.3) is 0 Å². The molecule has 0 heterocycles. The summed E-state index contributed by atoms with van der Waals surface area (Å²) in [5, 5.41) is 0.650. The summed E-state index contributed by atoms with van der Waals surface area (Å²) < 4.78 is 6.41. The first-order valence-corrected chi connectivity index (χ1v) is 6.49. The predicted molar refractivity (Wildman–Crippen MR) is 75.3 cm³/mol. The zero-order valence-corrected chi connectivity index (χ0v) is 11.7. The molecule has 0 bridgehead atoms. The second kappa shape index (κ2) is 6.03. The quantitative estimate of drug-likeness (QED) is 0.774. The number of hydrogen-bond acceptors (Lipinski definition) is 2. The van der Waals surface area contributed by atoms with Gasteiger partial charge < -0.3 is 4.74 Å². The zero-order chi connectivity index (χ0) is 13.0. The average molecular weight is 326 g/mol. The molecular formula is C14H10BrClO2. The molecule has 2 aromatic carbocycles. The van der Waals surface area contributed by atoms with E-state index in [-0.39, 0.29) is 0 Å². The van der Waals surface area contributed by atoms with Crippen LogP contribution in [0, 0.1) is 0 Å². The van der Waals surface area contributed by atoms with Gasteiger partial charge in [0, 0.05) is 10.6 Å². The Bertz CT molecular complexity index is 569. The number of hydrogen-bond donors (Lipinski definition) is 0. The maximum Gasteiger partial charge on any atom is 0.153 e. The van der Waals surface area contributed by atoms with Crippen molar-refractivity contribution >= 4 is 33.8 Å². The minimum Gasteiger partial charge on any atom is -0.487 e. The van der Waals surface area contributed by atoms with Crippen LogP contribution in [-0.4, -0.2) is 6.29 Å². The van der Waals surface area contributed by atoms with Crippen molar-refractivity contribution in [2.24, 2.45) is 0 Å². The van der Waals surface area contributed by atoms with Gasteiger partial charge in [0.25, 0.3) is 0 Å². The second-order valence-corrected chi connectivity index (χ2v) is 4.92. The third-order valence-electron chi connectivity index (χ3n) is 2.45. The summed E-state index contributed by atoms with van der Waals surface area (Å²) in [7, 11) is 0. The smallest absolute Gasteiger partial charge is 0.153 e. The molecule has 0 aliphatic carbocycles. The van der Waals surface area contributed by atoms with Crippen LogP contribution in [0.3, 0.4) is 0 Å². The first kappa shape index (κ1) is 13.1. The lowest BCUT2D eigenvalue weighted by atomic mass is 10.2. The van der Waals surface area contributed by atoms with Gasteiger partial charge in [0.2, 0.25) is 0 Å². The molecule has 0 saturated heterocycles. The molecule has 0 N–H and O–H groups in total. The Balaban J connectivity index is 2.21. The number of carbonyl (C=O) groups is 1. The van der Waals surface area contributed by atoms with E-state index >= 15 is 0 Å². The van der Waals surface area contributed by atoms with Crippen molar-refractivity contribution < 1.29 is 9.53 Å². The van der Waals surface area contributed by atoms with Gasteiger partial charge in [0.15, 0.2) is 6.29 Å². The summed E-state index contributed by atoms with van der Waals surface area (Å²) in [6, 6.07) is 12.8. The number of rotatable bonds is 4. The molecule has 0 aliphatic rings. The molecule has 0 saturated carbocycles. The molecule has 0 aromatic heterocycles. The van der Waals surface area contributed by atoms with Gasteiger partial charge >= 0.3 is 0 Å². The minimum atomic E-state index is 0.323. The fraction of sp³-hybridized carbons (Fsp3) is 0.0714. The third-order valence-corrected chi connectivity index (χ3v) is 3.45.